The quantitative estimate of drug-likeness (QED) is 0.499. The number of alkyl halides is 2. The summed E-state index contributed by atoms with van der Waals surface area (Å²) in [7, 11) is 0. The zero-order valence-electron chi connectivity index (χ0n) is 12.0. The third-order valence-corrected chi connectivity index (χ3v) is 3.40. The van der Waals surface area contributed by atoms with Crippen LogP contribution in [0.25, 0.3) is 22.4 Å². The van der Waals surface area contributed by atoms with Crippen molar-refractivity contribution in [3.8, 4) is 11.4 Å². The molecule has 0 aliphatic carbocycles. The van der Waals surface area contributed by atoms with E-state index >= 15 is 0 Å². The fourth-order valence-corrected chi connectivity index (χ4v) is 2.23. The number of fused-ring (bicyclic) bond motifs is 1. The Morgan fingerprint density at radius 3 is 2.61 bits per heavy atom. The summed E-state index contributed by atoms with van der Waals surface area (Å²) in [6.45, 7) is -2.92. The Bertz CT molecular complexity index is 843. The zero-order chi connectivity index (χ0) is 16.4. The summed E-state index contributed by atoms with van der Waals surface area (Å²) in [4.78, 5) is 7.63. The van der Waals surface area contributed by atoms with Crippen molar-refractivity contribution in [3.05, 3.63) is 53.6 Å². The third kappa shape index (κ3) is 3.35. The molecular formula is C16H14F2N4O. The van der Waals surface area contributed by atoms with Gasteiger partial charge in [0.2, 0.25) is 0 Å². The monoisotopic (exact) mass is 316 g/mol. The Hall–Kier alpha value is -2.80. The van der Waals surface area contributed by atoms with E-state index < -0.39 is 6.61 Å². The number of nitrogens with two attached hydrogens (primary N) is 1. The maximum Gasteiger partial charge on any atom is 0.345 e. The van der Waals surface area contributed by atoms with Crippen LogP contribution in [0.5, 0.6) is 0 Å². The molecule has 5 nitrogen and oxygen atoms in total. The maximum absolute atomic E-state index is 12.0. The van der Waals surface area contributed by atoms with E-state index in [9.17, 15) is 8.78 Å². The first-order valence-electron chi connectivity index (χ1n) is 6.86. The lowest BCUT2D eigenvalue weighted by Gasteiger charge is -2.03. The Balaban J connectivity index is 1.86. The maximum atomic E-state index is 12.0. The van der Waals surface area contributed by atoms with Gasteiger partial charge >= 0.3 is 6.61 Å². The summed E-state index contributed by atoms with van der Waals surface area (Å²) in [5.74, 6) is 0.647. The SMILES string of the molecule is N=C(N)c1ccc2nc(-c3ccc(COC(F)F)cc3)[nH]c2c1. The van der Waals surface area contributed by atoms with Gasteiger partial charge in [0.1, 0.15) is 11.7 Å². The molecule has 0 aliphatic heterocycles. The number of rotatable bonds is 5. The van der Waals surface area contributed by atoms with E-state index in [4.69, 9.17) is 11.1 Å². The molecule has 0 saturated carbocycles. The molecule has 0 amide bonds. The van der Waals surface area contributed by atoms with Gasteiger partial charge in [-0.3, -0.25) is 5.41 Å². The van der Waals surface area contributed by atoms with Gasteiger partial charge in [-0.1, -0.05) is 24.3 Å². The van der Waals surface area contributed by atoms with E-state index in [1.54, 1.807) is 42.5 Å². The Morgan fingerprint density at radius 1 is 1.22 bits per heavy atom. The van der Waals surface area contributed by atoms with Crippen LogP contribution in [0.3, 0.4) is 0 Å². The molecule has 0 aliphatic rings. The van der Waals surface area contributed by atoms with Crippen LogP contribution in [-0.2, 0) is 11.3 Å². The molecule has 0 spiro atoms. The van der Waals surface area contributed by atoms with Crippen LogP contribution in [0.2, 0.25) is 0 Å². The smallest absolute Gasteiger partial charge is 0.345 e. The topological polar surface area (TPSA) is 87.8 Å². The molecule has 118 valence electrons. The molecule has 7 heteroatoms. The number of amidine groups is 1. The normalized spacial score (nSPS) is 11.3. The van der Waals surface area contributed by atoms with Gasteiger partial charge in [-0.2, -0.15) is 8.78 Å². The Kier molecular flexibility index (Phi) is 4.03. The van der Waals surface area contributed by atoms with E-state index in [0.29, 0.717) is 17.0 Å². The molecule has 1 heterocycles. The number of hydrogen-bond acceptors (Lipinski definition) is 3. The summed E-state index contributed by atoms with van der Waals surface area (Å²) in [6, 6.07) is 12.3. The van der Waals surface area contributed by atoms with Crippen molar-refractivity contribution < 1.29 is 13.5 Å². The molecule has 0 radical (unpaired) electrons. The van der Waals surface area contributed by atoms with Gasteiger partial charge in [0, 0.05) is 11.1 Å². The van der Waals surface area contributed by atoms with E-state index in [0.717, 1.165) is 16.6 Å². The molecule has 4 N–H and O–H groups in total. The second-order valence-electron chi connectivity index (χ2n) is 5.00. The van der Waals surface area contributed by atoms with Gasteiger partial charge in [0.15, 0.2) is 0 Å². The number of halogens is 2. The van der Waals surface area contributed by atoms with Gasteiger partial charge in [0.05, 0.1) is 17.6 Å². The molecule has 0 atom stereocenters. The lowest BCUT2D eigenvalue weighted by Crippen LogP contribution is -2.10. The minimum Gasteiger partial charge on any atom is -0.384 e. The first-order valence-corrected chi connectivity index (χ1v) is 6.86. The van der Waals surface area contributed by atoms with Crippen LogP contribution >= 0.6 is 0 Å². The fourth-order valence-electron chi connectivity index (χ4n) is 2.23. The van der Waals surface area contributed by atoms with Gasteiger partial charge in [-0.25, -0.2) is 4.98 Å². The summed E-state index contributed by atoms with van der Waals surface area (Å²) in [6.07, 6.45) is 0. The number of hydrogen-bond donors (Lipinski definition) is 3. The van der Waals surface area contributed by atoms with Crippen LogP contribution in [0.15, 0.2) is 42.5 Å². The second-order valence-corrected chi connectivity index (χ2v) is 5.00. The highest BCUT2D eigenvalue weighted by molar-refractivity contribution is 5.98. The number of nitrogens with one attached hydrogen (secondary N) is 2. The molecular weight excluding hydrogens is 302 g/mol. The summed E-state index contributed by atoms with van der Waals surface area (Å²) >= 11 is 0. The van der Waals surface area contributed by atoms with Crippen LogP contribution in [0.4, 0.5) is 8.78 Å². The number of imidazole rings is 1. The zero-order valence-corrected chi connectivity index (χ0v) is 12.0. The number of aromatic nitrogens is 2. The van der Waals surface area contributed by atoms with Crippen molar-refractivity contribution in [2.24, 2.45) is 5.73 Å². The van der Waals surface area contributed by atoms with Crippen molar-refractivity contribution in [1.29, 1.82) is 5.41 Å². The third-order valence-electron chi connectivity index (χ3n) is 3.40. The van der Waals surface area contributed by atoms with Crippen LogP contribution in [0, 0.1) is 5.41 Å². The highest BCUT2D eigenvalue weighted by Crippen LogP contribution is 2.22. The van der Waals surface area contributed by atoms with Crippen molar-refractivity contribution >= 4 is 16.9 Å². The Morgan fingerprint density at radius 2 is 1.96 bits per heavy atom. The number of nitrogens with zero attached hydrogens (tertiary/aromatic N) is 1. The van der Waals surface area contributed by atoms with E-state index in [1.807, 2.05) is 0 Å². The van der Waals surface area contributed by atoms with Crippen molar-refractivity contribution in [3.63, 3.8) is 0 Å². The van der Waals surface area contributed by atoms with Crippen molar-refractivity contribution in [2.75, 3.05) is 0 Å². The van der Waals surface area contributed by atoms with Crippen LogP contribution in [0.1, 0.15) is 11.1 Å². The standard InChI is InChI=1S/C16H14F2N4O/c17-16(18)23-8-9-1-3-10(4-2-9)15-21-12-6-5-11(14(19)20)7-13(12)22-15/h1-7,16H,8H2,(H3,19,20)(H,21,22). The molecule has 3 aromatic rings. The van der Waals surface area contributed by atoms with Crippen molar-refractivity contribution in [2.45, 2.75) is 13.2 Å². The highest BCUT2D eigenvalue weighted by Gasteiger charge is 2.08. The molecule has 2 aromatic carbocycles. The number of aromatic amines is 1. The van der Waals surface area contributed by atoms with Gasteiger partial charge in [0.25, 0.3) is 0 Å². The lowest BCUT2D eigenvalue weighted by molar-refractivity contribution is -0.137. The second kappa shape index (κ2) is 6.13. The molecule has 0 fully saturated rings. The van der Waals surface area contributed by atoms with Crippen LogP contribution < -0.4 is 5.73 Å². The largest absolute Gasteiger partial charge is 0.384 e. The van der Waals surface area contributed by atoms with Gasteiger partial charge in [-0.15, -0.1) is 0 Å². The van der Waals surface area contributed by atoms with Gasteiger partial charge < -0.3 is 15.5 Å². The average Bonchev–Trinajstić information content (AvgIpc) is 2.96. The molecule has 0 unspecified atom stereocenters. The molecule has 3 rings (SSSR count). The first-order chi connectivity index (χ1) is 11.0. The summed E-state index contributed by atoms with van der Waals surface area (Å²) < 4.78 is 28.3. The number of H-pyrrole nitrogens is 1. The fraction of sp³-hybridized carbons (Fsp3) is 0.125. The number of benzene rings is 2. The van der Waals surface area contributed by atoms with E-state index in [1.165, 1.54) is 0 Å². The summed E-state index contributed by atoms with van der Waals surface area (Å²) in [5.41, 5.74) is 9.11. The minimum atomic E-state index is -2.78. The average molecular weight is 316 g/mol. The molecule has 0 saturated heterocycles. The molecule has 0 bridgehead atoms. The van der Waals surface area contributed by atoms with Crippen LogP contribution in [-0.4, -0.2) is 22.4 Å². The summed E-state index contributed by atoms with van der Waals surface area (Å²) in [5, 5.41) is 7.45. The minimum absolute atomic E-state index is 0.00793. The lowest BCUT2D eigenvalue weighted by atomic mass is 10.1. The molecule has 1 aromatic heterocycles. The predicted molar refractivity (Wildman–Crippen MR) is 83.3 cm³/mol. The van der Waals surface area contributed by atoms with Crippen molar-refractivity contribution in [1.82, 2.24) is 9.97 Å². The number of nitrogen functional groups attached to an aromatic ring is 1. The highest BCUT2D eigenvalue weighted by atomic mass is 19.3. The molecule has 23 heavy (non-hydrogen) atoms. The van der Waals surface area contributed by atoms with E-state index in [-0.39, 0.29) is 12.4 Å². The first kappa shape index (κ1) is 15.1. The Labute approximate surface area is 130 Å². The number of ether oxygens (including phenoxy) is 1. The predicted octanol–water partition coefficient (Wildman–Crippen LogP) is 3.25. The van der Waals surface area contributed by atoms with E-state index in [2.05, 4.69) is 14.7 Å². The van der Waals surface area contributed by atoms with Gasteiger partial charge in [-0.05, 0) is 23.8 Å².